The smallest absolute Gasteiger partial charge is 0.272 e. The van der Waals surface area contributed by atoms with Gasteiger partial charge in [-0.3, -0.25) is 19.6 Å². The van der Waals surface area contributed by atoms with E-state index in [9.17, 15) is 9.59 Å². The number of hydrogen-bond donors (Lipinski definition) is 2. The van der Waals surface area contributed by atoms with Crippen molar-refractivity contribution in [2.45, 2.75) is 33.2 Å². The Labute approximate surface area is 259 Å². The molecule has 0 atom stereocenters. The molecule has 0 saturated heterocycles. The fourth-order valence-corrected chi connectivity index (χ4v) is 5.13. The number of ether oxygens (including phenoxy) is 1. The highest BCUT2D eigenvalue weighted by Gasteiger charge is 2.30. The minimum atomic E-state index is -0.272. The number of aryl methyl sites for hydroxylation is 2. The van der Waals surface area contributed by atoms with Crippen molar-refractivity contribution in [1.82, 2.24) is 29.5 Å². The molecule has 1 fully saturated rings. The Morgan fingerprint density at radius 1 is 1.11 bits per heavy atom. The molecule has 12 heteroatoms. The molecule has 0 spiro atoms. The van der Waals surface area contributed by atoms with Crippen molar-refractivity contribution in [3.05, 3.63) is 89.3 Å². The number of rotatable bonds is 9. The second-order valence-electron chi connectivity index (χ2n) is 11.1. The van der Waals surface area contributed by atoms with Gasteiger partial charge in [0.1, 0.15) is 11.4 Å². The molecule has 4 heterocycles. The van der Waals surface area contributed by atoms with E-state index in [1.807, 2.05) is 32.0 Å². The van der Waals surface area contributed by atoms with E-state index in [1.165, 1.54) is 4.90 Å². The molecular weight excluding hydrogens is 570 g/mol. The molecule has 0 unspecified atom stereocenters. The van der Waals surface area contributed by atoms with Gasteiger partial charge in [0, 0.05) is 42.6 Å². The van der Waals surface area contributed by atoms with Crippen LogP contribution in [0.2, 0.25) is 0 Å². The Kier molecular flexibility index (Phi) is 7.83. The quantitative estimate of drug-likeness (QED) is 0.237. The summed E-state index contributed by atoms with van der Waals surface area (Å²) < 4.78 is 7.58. The lowest BCUT2D eigenvalue weighted by atomic mass is 9.99. The zero-order valence-electron chi connectivity index (χ0n) is 25.3. The van der Waals surface area contributed by atoms with Crippen LogP contribution in [-0.4, -0.2) is 55.4 Å². The standard InChI is InChI=1S/C33H31N9O3/c1-19-5-9-25(38-27-14-28(39-32(43)22-6-7-22)40-42-17-20(2)37-31(27)42)30(45-4)29(19)23-8-10-26(36-16-23)33(44)41(3)18-24-13-21(15-34)11-12-35-24/h5,8-14,16-17,22,38H,6-7,18H2,1-4H3,(H,39,40,43). The molecule has 5 aromatic rings. The Bertz CT molecular complexity index is 1970. The van der Waals surface area contributed by atoms with Gasteiger partial charge >= 0.3 is 0 Å². The molecule has 1 aliphatic rings. The summed E-state index contributed by atoms with van der Waals surface area (Å²) in [6, 6.07) is 14.5. The number of methoxy groups -OCH3 is 1. The van der Waals surface area contributed by atoms with E-state index in [-0.39, 0.29) is 30.0 Å². The number of anilines is 3. The monoisotopic (exact) mass is 601 g/mol. The van der Waals surface area contributed by atoms with E-state index >= 15 is 0 Å². The Hall–Kier alpha value is -5.83. The summed E-state index contributed by atoms with van der Waals surface area (Å²) in [4.78, 5) is 40.5. The van der Waals surface area contributed by atoms with Gasteiger partial charge in [-0.25, -0.2) is 9.50 Å². The number of pyridine rings is 2. The maximum absolute atomic E-state index is 13.1. The van der Waals surface area contributed by atoms with Crippen LogP contribution in [0.5, 0.6) is 5.75 Å². The first kappa shape index (κ1) is 29.3. The van der Waals surface area contributed by atoms with Crippen LogP contribution in [0.15, 0.2) is 61.1 Å². The lowest BCUT2D eigenvalue weighted by molar-refractivity contribution is -0.117. The molecule has 2 amide bonds. The number of nitrogens with one attached hydrogen (secondary N) is 2. The van der Waals surface area contributed by atoms with Gasteiger partial charge in [0.2, 0.25) is 5.91 Å². The van der Waals surface area contributed by atoms with Crippen molar-refractivity contribution >= 4 is 34.7 Å². The topological polar surface area (TPSA) is 150 Å². The molecule has 1 aliphatic carbocycles. The first-order valence-corrected chi connectivity index (χ1v) is 14.4. The second kappa shape index (κ2) is 12.0. The molecule has 2 N–H and O–H groups in total. The van der Waals surface area contributed by atoms with E-state index in [2.05, 4.69) is 36.8 Å². The summed E-state index contributed by atoms with van der Waals surface area (Å²) in [7, 11) is 3.27. The van der Waals surface area contributed by atoms with Crippen LogP contribution in [0.1, 0.15) is 45.8 Å². The second-order valence-corrected chi connectivity index (χ2v) is 11.1. The van der Waals surface area contributed by atoms with Crippen molar-refractivity contribution in [3.8, 4) is 22.9 Å². The van der Waals surface area contributed by atoms with Crippen molar-refractivity contribution in [2.24, 2.45) is 5.92 Å². The predicted molar refractivity (Wildman–Crippen MR) is 168 cm³/mol. The molecule has 0 radical (unpaired) electrons. The largest absolute Gasteiger partial charge is 0.494 e. The van der Waals surface area contributed by atoms with Gasteiger partial charge in [-0.15, -0.1) is 5.10 Å². The average molecular weight is 602 g/mol. The summed E-state index contributed by atoms with van der Waals surface area (Å²) in [5.41, 5.74) is 6.61. The molecule has 4 aromatic heterocycles. The summed E-state index contributed by atoms with van der Waals surface area (Å²) in [6.07, 6.45) is 6.79. The number of carbonyl (C=O) groups is 2. The van der Waals surface area contributed by atoms with Crippen LogP contribution in [0.4, 0.5) is 17.2 Å². The summed E-state index contributed by atoms with van der Waals surface area (Å²) >= 11 is 0. The molecule has 0 bridgehead atoms. The highest BCUT2D eigenvalue weighted by molar-refractivity contribution is 5.95. The van der Waals surface area contributed by atoms with Crippen molar-refractivity contribution in [2.75, 3.05) is 24.8 Å². The molecule has 0 aliphatic heterocycles. The summed E-state index contributed by atoms with van der Waals surface area (Å²) in [6.45, 7) is 4.10. The maximum Gasteiger partial charge on any atom is 0.272 e. The van der Waals surface area contributed by atoms with E-state index in [1.54, 1.807) is 61.5 Å². The van der Waals surface area contributed by atoms with Crippen LogP contribution < -0.4 is 15.4 Å². The number of carbonyl (C=O) groups excluding carboxylic acids is 2. The fourth-order valence-electron chi connectivity index (χ4n) is 5.13. The molecular formula is C33H31N9O3. The zero-order valence-corrected chi connectivity index (χ0v) is 25.3. The lowest BCUT2D eigenvalue weighted by Gasteiger charge is -2.19. The molecule has 1 saturated carbocycles. The fraction of sp³-hybridized carbons (Fsp3) is 0.242. The van der Waals surface area contributed by atoms with Crippen LogP contribution in [0, 0.1) is 31.1 Å². The first-order chi connectivity index (χ1) is 21.7. The highest BCUT2D eigenvalue weighted by atomic mass is 16.5. The van der Waals surface area contributed by atoms with Crippen LogP contribution in [-0.2, 0) is 11.3 Å². The third-order valence-electron chi connectivity index (χ3n) is 7.55. The third kappa shape index (κ3) is 6.14. The molecule has 1 aromatic carbocycles. The number of nitriles is 1. The Morgan fingerprint density at radius 2 is 1.93 bits per heavy atom. The summed E-state index contributed by atoms with van der Waals surface area (Å²) in [5.74, 6) is 0.737. The average Bonchev–Trinajstić information content (AvgIpc) is 3.83. The Balaban J connectivity index is 1.28. The van der Waals surface area contributed by atoms with Crippen LogP contribution >= 0.6 is 0 Å². The lowest BCUT2D eigenvalue weighted by Crippen LogP contribution is -2.27. The van der Waals surface area contributed by atoms with Gasteiger partial charge in [0.05, 0.1) is 54.2 Å². The highest BCUT2D eigenvalue weighted by Crippen LogP contribution is 2.41. The van der Waals surface area contributed by atoms with Gasteiger partial charge in [-0.05, 0) is 56.5 Å². The predicted octanol–water partition coefficient (Wildman–Crippen LogP) is 5.05. The van der Waals surface area contributed by atoms with Gasteiger partial charge in [-0.2, -0.15) is 5.26 Å². The van der Waals surface area contributed by atoms with E-state index in [0.29, 0.717) is 39.8 Å². The maximum atomic E-state index is 13.1. The van der Waals surface area contributed by atoms with Gasteiger partial charge in [0.25, 0.3) is 5.91 Å². The van der Waals surface area contributed by atoms with Gasteiger partial charge < -0.3 is 20.3 Å². The minimum Gasteiger partial charge on any atom is -0.494 e. The first-order valence-electron chi connectivity index (χ1n) is 14.4. The number of fused-ring (bicyclic) bond motifs is 1. The van der Waals surface area contributed by atoms with Crippen molar-refractivity contribution in [1.29, 1.82) is 5.26 Å². The number of benzene rings is 1. The third-order valence-corrected chi connectivity index (χ3v) is 7.55. The Morgan fingerprint density at radius 3 is 2.64 bits per heavy atom. The van der Waals surface area contributed by atoms with E-state index in [0.717, 1.165) is 35.2 Å². The SMILES string of the molecule is COc1c(Nc2cc(NC(=O)C3CC3)nn3cc(C)nc23)ccc(C)c1-c1ccc(C(=O)N(C)Cc2cc(C#N)ccn2)nc1. The minimum absolute atomic E-state index is 0.0367. The number of hydrogen-bond acceptors (Lipinski definition) is 9. The van der Waals surface area contributed by atoms with E-state index < -0.39 is 0 Å². The zero-order chi connectivity index (χ0) is 31.7. The number of amides is 2. The number of aromatic nitrogens is 5. The van der Waals surface area contributed by atoms with Crippen LogP contribution in [0.3, 0.4) is 0 Å². The van der Waals surface area contributed by atoms with Crippen LogP contribution in [0.25, 0.3) is 16.8 Å². The normalized spacial score (nSPS) is 12.4. The molecule has 45 heavy (non-hydrogen) atoms. The molecule has 226 valence electrons. The van der Waals surface area contributed by atoms with Crippen molar-refractivity contribution < 1.29 is 14.3 Å². The molecule has 12 nitrogen and oxygen atoms in total. The van der Waals surface area contributed by atoms with Gasteiger partial charge in [-0.1, -0.05) is 12.1 Å². The van der Waals surface area contributed by atoms with E-state index in [4.69, 9.17) is 10.00 Å². The van der Waals surface area contributed by atoms with Gasteiger partial charge in [0.15, 0.2) is 11.5 Å². The number of nitrogens with zero attached hydrogens (tertiary/aromatic N) is 7. The van der Waals surface area contributed by atoms with Crippen molar-refractivity contribution in [3.63, 3.8) is 0 Å². The number of imidazole rings is 1. The summed E-state index contributed by atoms with van der Waals surface area (Å²) in [5, 5.41) is 20.0. The molecule has 6 rings (SSSR count).